The van der Waals surface area contributed by atoms with Crippen LogP contribution < -0.4 is 5.32 Å². The van der Waals surface area contributed by atoms with Crippen molar-refractivity contribution in [3.05, 3.63) is 83.7 Å². The average molecular weight is 652 g/mol. The molecule has 1 saturated heterocycles. The zero-order chi connectivity index (χ0) is 34.4. The lowest BCUT2D eigenvalue weighted by Gasteiger charge is -2.34. The molecule has 1 amide bonds. The SMILES string of the molecule is CC(C)(C)OC(=O)N1CCC(CN[C@@H](c2cc(-c3cc(F)ccc3F)cn2Cc2ccccc2)C(C)(C)C)C1.O=C(O)C(F)(F)F. The Kier molecular flexibility index (Phi) is 11.6. The maximum atomic E-state index is 14.8. The highest BCUT2D eigenvalue weighted by atomic mass is 19.4. The van der Waals surface area contributed by atoms with Crippen molar-refractivity contribution in [2.24, 2.45) is 11.3 Å². The first-order valence-electron chi connectivity index (χ1n) is 15.0. The number of aromatic nitrogens is 1. The van der Waals surface area contributed by atoms with Crippen LogP contribution in [0.4, 0.5) is 26.7 Å². The van der Waals surface area contributed by atoms with Gasteiger partial charge in [-0.3, -0.25) is 0 Å². The molecule has 0 bridgehead atoms. The lowest BCUT2D eigenvalue weighted by atomic mass is 9.84. The molecule has 7 nitrogen and oxygen atoms in total. The number of carbonyl (C=O) groups excluding carboxylic acids is 1. The van der Waals surface area contributed by atoms with E-state index in [0.717, 1.165) is 30.3 Å². The molecule has 2 N–H and O–H groups in total. The highest BCUT2D eigenvalue weighted by Crippen LogP contribution is 2.37. The Bertz CT molecular complexity index is 1480. The van der Waals surface area contributed by atoms with E-state index in [-0.39, 0.29) is 23.1 Å². The van der Waals surface area contributed by atoms with E-state index in [2.05, 4.69) is 42.8 Å². The van der Waals surface area contributed by atoms with E-state index < -0.39 is 29.4 Å². The molecule has 12 heteroatoms. The van der Waals surface area contributed by atoms with Crippen molar-refractivity contribution in [3.8, 4) is 11.1 Å². The first-order chi connectivity index (χ1) is 21.2. The first kappa shape index (κ1) is 36.5. The van der Waals surface area contributed by atoms with Gasteiger partial charge in [0, 0.05) is 49.2 Å². The Balaban J connectivity index is 0.000000738. The fourth-order valence-corrected chi connectivity index (χ4v) is 5.18. The standard InChI is InChI=1S/C32H41F2N3O2.C2HF3O2/c1-31(2,3)29(35-18-23-14-15-36(20-23)30(38)39-32(4,5)6)28-16-24(26-17-25(33)12-13-27(26)34)21-37(28)19-22-10-8-7-9-11-22;3-2(4,5)1(6)7/h7-13,16-17,21,23,29,35H,14-15,18-20H2,1-6H3;(H,6,7)/t23?,29-;/m0./s1. The van der Waals surface area contributed by atoms with Gasteiger partial charge in [0.05, 0.1) is 6.04 Å². The Morgan fingerprint density at radius 3 is 2.20 bits per heavy atom. The summed E-state index contributed by atoms with van der Waals surface area (Å²) in [6, 6.07) is 15.6. The minimum atomic E-state index is -5.08. The van der Waals surface area contributed by atoms with Crippen molar-refractivity contribution in [1.29, 1.82) is 0 Å². The van der Waals surface area contributed by atoms with Gasteiger partial charge in [-0.2, -0.15) is 13.2 Å². The molecule has 46 heavy (non-hydrogen) atoms. The van der Waals surface area contributed by atoms with Crippen LogP contribution in [0.15, 0.2) is 60.8 Å². The summed E-state index contributed by atoms with van der Waals surface area (Å²) >= 11 is 0. The Labute approximate surface area is 266 Å². The van der Waals surface area contributed by atoms with E-state index in [9.17, 15) is 26.7 Å². The number of nitrogens with one attached hydrogen (secondary N) is 1. The van der Waals surface area contributed by atoms with E-state index in [1.54, 1.807) is 4.90 Å². The summed E-state index contributed by atoms with van der Waals surface area (Å²) in [5.41, 5.74) is 2.33. The van der Waals surface area contributed by atoms with Crippen LogP contribution in [0.3, 0.4) is 0 Å². The quantitative estimate of drug-likeness (QED) is 0.253. The molecule has 0 saturated carbocycles. The number of ether oxygens (including phenoxy) is 1. The van der Waals surface area contributed by atoms with E-state index in [1.165, 1.54) is 12.1 Å². The van der Waals surface area contributed by atoms with Gasteiger partial charge in [0.15, 0.2) is 0 Å². The number of amides is 1. The van der Waals surface area contributed by atoms with Gasteiger partial charge in [-0.15, -0.1) is 0 Å². The predicted molar refractivity (Wildman–Crippen MR) is 165 cm³/mol. The number of likely N-dealkylation sites (tertiary alicyclic amines) is 1. The van der Waals surface area contributed by atoms with Crippen LogP contribution in [-0.2, 0) is 16.1 Å². The summed E-state index contributed by atoms with van der Waals surface area (Å²) in [5.74, 6) is -3.38. The monoisotopic (exact) mass is 651 g/mol. The molecular formula is C34H42F5N3O4. The van der Waals surface area contributed by atoms with Gasteiger partial charge in [0.25, 0.3) is 0 Å². The fraction of sp³-hybridized carbons (Fsp3) is 0.471. The maximum absolute atomic E-state index is 14.8. The molecule has 2 heterocycles. The minimum Gasteiger partial charge on any atom is -0.475 e. The smallest absolute Gasteiger partial charge is 0.475 e. The van der Waals surface area contributed by atoms with Crippen LogP contribution in [0.25, 0.3) is 11.1 Å². The van der Waals surface area contributed by atoms with Crippen LogP contribution in [0.1, 0.15) is 65.3 Å². The zero-order valence-corrected chi connectivity index (χ0v) is 26.9. The van der Waals surface area contributed by atoms with Crippen molar-refractivity contribution in [3.63, 3.8) is 0 Å². The van der Waals surface area contributed by atoms with E-state index in [4.69, 9.17) is 14.6 Å². The zero-order valence-electron chi connectivity index (χ0n) is 26.9. The molecule has 252 valence electrons. The van der Waals surface area contributed by atoms with Crippen LogP contribution in [-0.4, -0.2) is 58.0 Å². The van der Waals surface area contributed by atoms with Crippen molar-refractivity contribution in [1.82, 2.24) is 14.8 Å². The summed E-state index contributed by atoms with van der Waals surface area (Å²) in [5, 5.41) is 10.9. The molecule has 4 rings (SSSR count). The Morgan fingerprint density at radius 1 is 1.00 bits per heavy atom. The lowest BCUT2D eigenvalue weighted by molar-refractivity contribution is -0.192. The second-order valence-electron chi connectivity index (χ2n) is 13.5. The fourth-order valence-electron chi connectivity index (χ4n) is 5.18. The molecular weight excluding hydrogens is 609 g/mol. The molecule has 1 fully saturated rings. The van der Waals surface area contributed by atoms with Crippen molar-refractivity contribution >= 4 is 12.1 Å². The number of benzene rings is 2. The van der Waals surface area contributed by atoms with Crippen molar-refractivity contribution < 1.29 is 41.4 Å². The first-order valence-corrected chi connectivity index (χ1v) is 15.0. The summed E-state index contributed by atoms with van der Waals surface area (Å²) in [6.07, 6.45) is -2.54. The number of hydrogen-bond donors (Lipinski definition) is 2. The lowest BCUT2D eigenvalue weighted by Crippen LogP contribution is -2.38. The molecule has 0 spiro atoms. The summed E-state index contributed by atoms with van der Waals surface area (Å²) < 4.78 is 68.3. The van der Waals surface area contributed by atoms with Gasteiger partial charge >= 0.3 is 18.2 Å². The minimum absolute atomic E-state index is 0.0674. The second kappa shape index (κ2) is 14.7. The molecule has 2 atom stereocenters. The maximum Gasteiger partial charge on any atom is 0.490 e. The van der Waals surface area contributed by atoms with Crippen LogP contribution >= 0.6 is 0 Å². The molecule has 1 aliphatic rings. The summed E-state index contributed by atoms with van der Waals surface area (Å²) in [6.45, 7) is 14.8. The van der Waals surface area contributed by atoms with Crippen molar-refractivity contribution in [2.45, 2.75) is 72.3 Å². The van der Waals surface area contributed by atoms with Gasteiger partial charge in [-0.1, -0.05) is 51.1 Å². The third kappa shape index (κ3) is 10.6. The Morgan fingerprint density at radius 2 is 1.63 bits per heavy atom. The van der Waals surface area contributed by atoms with Crippen LogP contribution in [0.5, 0.6) is 0 Å². The average Bonchev–Trinajstić information content (AvgIpc) is 3.57. The van der Waals surface area contributed by atoms with Crippen molar-refractivity contribution in [2.75, 3.05) is 19.6 Å². The number of aliphatic carboxylic acids is 1. The molecule has 0 radical (unpaired) electrons. The van der Waals surface area contributed by atoms with Gasteiger partial charge in [0.1, 0.15) is 17.2 Å². The van der Waals surface area contributed by atoms with Crippen LogP contribution in [0, 0.1) is 23.0 Å². The van der Waals surface area contributed by atoms with Gasteiger partial charge < -0.3 is 24.6 Å². The highest BCUT2D eigenvalue weighted by Gasteiger charge is 2.38. The van der Waals surface area contributed by atoms with E-state index in [0.29, 0.717) is 31.1 Å². The molecule has 1 aliphatic heterocycles. The summed E-state index contributed by atoms with van der Waals surface area (Å²) in [4.78, 5) is 23.2. The van der Waals surface area contributed by atoms with E-state index in [1.807, 2.05) is 51.2 Å². The Hall–Kier alpha value is -3.93. The van der Waals surface area contributed by atoms with Crippen LogP contribution in [0.2, 0.25) is 0 Å². The molecule has 3 aromatic rings. The topological polar surface area (TPSA) is 83.8 Å². The molecule has 2 aromatic carbocycles. The number of halogens is 5. The highest BCUT2D eigenvalue weighted by molar-refractivity contribution is 5.73. The predicted octanol–water partition coefficient (Wildman–Crippen LogP) is 8.05. The number of carboxylic acid groups (broad SMARTS) is 1. The van der Waals surface area contributed by atoms with Gasteiger partial charge in [-0.25, -0.2) is 18.4 Å². The largest absolute Gasteiger partial charge is 0.490 e. The number of nitrogens with zero attached hydrogens (tertiary/aromatic N) is 2. The molecule has 0 aliphatic carbocycles. The second-order valence-corrected chi connectivity index (χ2v) is 13.5. The molecule has 1 aromatic heterocycles. The van der Waals surface area contributed by atoms with E-state index >= 15 is 0 Å². The number of carboxylic acids is 1. The normalized spacial score (nSPS) is 16.1. The molecule has 1 unspecified atom stereocenters. The summed E-state index contributed by atoms with van der Waals surface area (Å²) in [7, 11) is 0. The van der Waals surface area contributed by atoms with Gasteiger partial charge in [0.2, 0.25) is 0 Å². The number of rotatable bonds is 7. The number of carbonyl (C=O) groups is 2. The van der Waals surface area contributed by atoms with Gasteiger partial charge in [-0.05, 0) is 68.4 Å². The third-order valence-electron chi connectivity index (χ3n) is 7.32. The third-order valence-corrected chi connectivity index (χ3v) is 7.32. The number of hydrogen-bond acceptors (Lipinski definition) is 4. The number of alkyl halides is 3.